The van der Waals surface area contributed by atoms with E-state index < -0.39 is 15.4 Å². The van der Waals surface area contributed by atoms with Gasteiger partial charge in [-0.05, 0) is 6.07 Å². The van der Waals surface area contributed by atoms with Crippen LogP contribution in [0, 0.1) is 5.41 Å². The van der Waals surface area contributed by atoms with Crippen LogP contribution in [0.2, 0.25) is 0 Å². The number of hydrogen-bond donors (Lipinski definition) is 3. The van der Waals surface area contributed by atoms with Crippen molar-refractivity contribution in [1.29, 1.82) is 0 Å². The number of sulfonamides is 1. The number of aliphatic hydroxyl groups excluding tert-OH is 1. The van der Waals surface area contributed by atoms with E-state index in [0.29, 0.717) is 0 Å². The fourth-order valence-corrected chi connectivity index (χ4v) is 2.20. The van der Waals surface area contributed by atoms with Crippen LogP contribution in [0.4, 0.5) is 0 Å². The summed E-state index contributed by atoms with van der Waals surface area (Å²) in [6.07, 6.45) is 1.14. The topological polar surface area (TPSA) is 99.3 Å². The Morgan fingerprint density at radius 2 is 2.06 bits per heavy atom. The third-order valence-electron chi connectivity index (χ3n) is 2.23. The van der Waals surface area contributed by atoms with Crippen LogP contribution in [0.15, 0.2) is 28.0 Å². The number of rotatable bonds is 5. The highest BCUT2D eigenvalue weighted by molar-refractivity contribution is 7.89. The van der Waals surface area contributed by atoms with Crippen molar-refractivity contribution in [2.75, 3.05) is 13.2 Å². The molecule has 3 N–H and O–H groups in total. The van der Waals surface area contributed by atoms with E-state index in [0.717, 1.165) is 12.3 Å². The zero-order chi connectivity index (χ0) is 13.1. The molecule has 96 valence electrons. The van der Waals surface area contributed by atoms with Crippen LogP contribution in [0.3, 0.4) is 0 Å². The van der Waals surface area contributed by atoms with Crippen molar-refractivity contribution in [2.24, 2.45) is 5.41 Å². The van der Waals surface area contributed by atoms with E-state index in [9.17, 15) is 13.2 Å². The lowest BCUT2D eigenvalue weighted by atomic mass is 9.96. The molecule has 0 spiro atoms. The first-order valence-electron chi connectivity index (χ1n) is 5.06. The largest absolute Gasteiger partial charge is 0.396 e. The molecule has 7 heteroatoms. The second-order valence-corrected chi connectivity index (χ2v) is 6.30. The molecule has 0 aromatic carbocycles. The summed E-state index contributed by atoms with van der Waals surface area (Å²) in [5.41, 5.74) is -0.894. The average Bonchev–Trinajstić information content (AvgIpc) is 2.27. The third-order valence-corrected chi connectivity index (χ3v) is 3.63. The molecule has 0 unspecified atom stereocenters. The molecule has 0 aliphatic heterocycles. The van der Waals surface area contributed by atoms with Gasteiger partial charge in [-0.25, -0.2) is 13.1 Å². The molecule has 0 radical (unpaired) electrons. The SMILES string of the molecule is CC(C)(CO)CNS(=O)(=O)c1ccc(=O)[nH]c1. The van der Waals surface area contributed by atoms with Gasteiger partial charge in [0.1, 0.15) is 0 Å². The van der Waals surface area contributed by atoms with Gasteiger partial charge >= 0.3 is 0 Å². The van der Waals surface area contributed by atoms with Crippen molar-refractivity contribution in [3.63, 3.8) is 0 Å². The molecule has 0 amide bonds. The molecule has 1 aromatic heterocycles. The first kappa shape index (κ1) is 13.9. The summed E-state index contributed by atoms with van der Waals surface area (Å²) in [7, 11) is -3.65. The first-order valence-corrected chi connectivity index (χ1v) is 6.54. The third kappa shape index (κ3) is 3.95. The second-order valence-electron chi connectivity index (χ2n) is 4.54. The Morgan fingerprint density at radius 3 is 2.53 bits per heavy atom. The van der Waals surface area contributed by atoms with Gasteiger partial charge in [-0.15, -0.1) is 0 Å². The molecular formula is C10H16N2O4S. The van der Waals surface area contributed by atoms with Crippen LogP contribution in [0.25, 0.3) is 0 Å². The molecule has 6 nitrogen and oxygen atoms in total. The highest BCUT2D eigenvalue weighted by Gasteiger charge is 2.21. The minimum absolute atomic E-state index is 0.00848. The van der Waals surface area contributed by atoms with E-state index >= 15 is 0 Å². The van der Waals surface area contributed by atoms with E-state index in [1.807, 2.05) is 0 Å². The lowest BCUT2D eigenvalue weighted by molar-refractivity contribution is 0.163. The lowest BCUT2D eigenvalue weighted by Crippen LogP contribution is -2.36. The van der Waals surface area contributed by atoms with Gasteiger partial charge in [-0.3, -0.25) is 4.79 Å². The van der Waals surface area contributed by atoms with Gasteiger partial charge in [0.2, 0.25) is 15.6 Å². The highest BCUT2D eigenvalue weighted by Crippen LogP contribution is 2.13. The summed E-state index contributed by atoms with van der Waals surface area (Å²) in [4.78, 5) is 13.1. The minimum atomic E-state index is -3.65. The predicted molar refractivity (Wildman–Crippen MR) is 63.1 cm³/mol. The zero-order valence-electron chi connectivity index (χ0n) is 9.73. The zero-order valence-corrected chi connectivity index (χ0v) is 10.5. The monoisotopic (exact) mass is 260 g/mol. The molecule has 0 bridgehead atoms. The average molecular weight is 260 g/mol. The summed E-state index contributed by atoms with van der Waals surface area (Å²) >= 11 is 0. The Balaban J connectivity index is 2.83. The molecule has 1 rings (SSSR count). The molecular weight excluding hydrogens is 244 g/mol. The Kier molecular flexibility index (Phi) is 4.07. The highest BCUT2D eigenvalue weighted by atomic mass is 32.2. The van der Waals surface area contributed by atoms with Crippen LogP contribution in [0.1, 0.15) is 13.8 Å². The van der Waals surface area contributed by atoms with Crippen molar-refractivity contribution in [3.8, 4) is 0 Å². The van der Waals surface area contributed by atoms with Crippen molar-refractivity contribution in [2.45, 2.75) is 18.7 Å². The van der Waals surface area contributed by atoms with Gasteiger partial charge in [-0.1, -0.05) is 13.8 Å². The number of pyridine rings is 1. The molecule has 0 aliphatic rings. The van der Waals surface area contributed by atoms with Gasteiger partial charge < -0.3 is 10.1 Å². The normalized spacial score (nSPS) is 12.6. The Bertz CT molecular complexity index is 513. The van der Waals surface area contributed by atoms with Gasteiger partial charge in [0, 0.05) is 30.8 Å². The van der Waals surface area contributed by atoms with Gasteiger partial charge in [0.25, 0.3) is 0 Å². The molecule has 1 heterocycles. The lowest BCUT2D eigenvalue weighted by Gasteiger charge is -2.21. The Labute approximate surface area is 99.7 Å². The van der Waals surface area contributed by atoms with E-state index in [2.05, 4.69) is 9.71 Å². The Hall–Kier alpha value is -1.18. The number of nitrogens with one attached hydrogen (secondary N) is 2. The maximum Gasteiger partial charge on any atom is 0.247 e. The van der Waals surface area contributed by atoms with E-state index in [1.165, 1.54) is 6.07 Å². The summed E-state index contributed by atoms with van der Waals surface area (Å²) < 4.78 is 26.0. The molecule has 0 atom stereocenters. The van der Waals surface area contributed by atoms with E-state index in [-0.39, 0.29) is 23.6 Å². The first-order chi connectivity index (χ1) is 7.77. The summed E-state index contributed by atoms with van der Waals surface area (Å²) in [6.45, 7) is 3.47. The second kappa shape index (κ2) is 4.99. The summed E-state index contributed by atoms with van der Waals surface area (Å²) in [5, 5.41) is 9.02. The van der Waals surface area contributed by atoms with Crippen molar-refractivity contribution in [1.82, 2.24) is 9.71 Å². The van der Waals surface area contributed by atoms with Crippen molar-refractivity contribution < 1.29 is 13.5 Å². The number of aromatic amines is 1. The van der Waals surface area contributed by atoms with E-state index in [1.54, 1.807) is 13.8 Å². The summed E-state index contributed by atoms with van der Waals surface area (Å²) in [6, 6.07) is 2.37. The predicted octanol–water partition coefficient (Wildman–Crippen LogP) is -0.328. The van der Waals surface area contributed by atoms with Gasteiger partial charge in [0.05, 0.1) is 4.90 Å². The van der Waals surface area contributed by atoms with Crippen LogP contribution >= 0.6 is 0 Å². The number of H-pyrrole nitrogens is 1. The fraction of sp³-hybridized carbons (Fsp3) is 0.500. The maximum atomic E-state index is 11.8. The number of hydrogen-bond acceptors (Lipinski definition) is 4. The minimum Gasteiger partial charge on any atom is -0.396 e. The van der Waals surface area contributed by atoms with Crippen LogP contribution in [-0.2, 0) is 10.0 Å². The molecule has 0 saturated carbocycles. The fourth-order valence-electron chi connectivity index (χ4n) is 0.993. The molecule has 1 aromatic rings. The maximum absolute atomic E-state index is 11.8. The quantitative estimate of drug-likeness (QED) is 0.675. The Morgan fingerprint density at radius 1 is 1.41 bits per heavy atom. The van der Waals surface area contributed by atoms with Crippen LogP contribution < -0.4 is 10.3 Å². The standard InChI is InChI=1S/C10H16N2O4S/c1-10(2,7-13)6-12-17(15,16)8-3-4-9(14)11-5-8/h3-5,12-13H,6-7H2,1-2H3,(H,11,14). The summed E-state index contributed by atoms with van der Waals surface area (Å²) in [5.74, 6) is 0. The van der Waals surface area contributed by atoms with Crippen LogP contribution in [0.5, 0.6) is 0 Å². The molecule has 0 saturated heterocycles. The number of aliphatic hydroxyl groups is 1. The molecule has 0 aliphatic carbocycles. The van der Waals surface area contributed by atoms with Crippen molar-refractivity contribution in [3.05, 3.63) is 28.7 Å². The van der Waals surface area contributed by atoms with Gasteiger partial charge in [0.15, 0.2) is 0 Å². The van der Waals surface area contributed by atoms with Crippen LogP contribution in [-0.4, -0.2) is 31.7 Å². The van der Waals surface area contributed by atoms with E-state index in [4.69, 9.17) is 5.11 Å². The molecule has 17 heavy (non-hydrogen) atoms. The molecule has 0 fully saturated rings. The van der Waals surface area contributed by atoms with Gasteiger partial charge in [-0.2, -0.15) is 0 Å². The van der Waals surface area contributed by atoms with Crippen molar-refractivity contribution >= 4 is 10.0 Å². The number of aromatic nitrogens is 1. The smallest absolute Gasteiger partial charge is 0.247 e.